The molecule has 1 heterocycles. The summed E-state index contributed by atoms with van der Waals surface area (Å²) < 4.78 is 8.25. The highest BCUT2D eigenvalue weighted by Gasteiger charge is 2.26. The van der Waals surface area contributed by atoms with Gasteiger partial charge >= 0.3 is 5.97 Å². The van der Waals surface area contributed by atoms with Gasteiger partial charge in [0.05, 0.1) is 22.0 Å². The zero-order chi connectivity index (χ0) is 25.0. The van der Waals surface area contributed by atoms with Gasteiger partial charge in [-0.2, -0.15) is 0 Å². The molecule has 0 bridgehead atoms. The summed E-state index contributed by atoms with van der Waals surface area (Å²) in [5, 5.41) is 5.29. The lowest BCUT2D eigenvalue weighted by Crippen LogP contribution is -2.42. The van der Waals surface area contributed by atoms with Gasteiger partial charge in [-0.25, -0.2) is 9.48 Å². The maximum Gasteiger partial charge on any atom is 0.329 e. The van der Waals surface area contributed by atoms with E-state index in [1.54, 1.807) is 61.1 Å². The molecule has 1 aromatic heterocycles. The van der Waals surface area contributed by atoms with Crippen LogP contribution in [-0.4, -0.2) is 39.3 Å². The predicted molar refractivity (Wildman–Crippen MR) is 128 cm³/mol. The highest BCUT2D eigenvalue weighted by atomic mass is 35.5. The van der Waals surface area contributed by atoms with E-state index in [9.17, 15) is 19.2 Å². The van der Waals surface area contributed by atoms with Crippen molar-refractivity contribution >= 4 is 35.1 Å². The number of aromatic nitrogens is 2. The average Bonchev–Trinajstić information content (AvgIpc) is 3.02. The Hall–Kier alpha value is -3.85. The first-order valence-corrected chi connectivity index (χ1v) is 10.9. The molecule has 0 aliphatic carbocycles. The Morgan fingerprint density at radius 3 is 2.26 bits per heavy atom. The number of hydrogen-bond acceptors (Lipinski definition) is 5. The van der Waals surface area contributed by atoms with Crippen molar-refractivity contribution in [1.82, 2.24) is 14.7 Å². The summed E-state index contributed by atoms with van der Waals surface area (Å²) in [6.45, 7) is 4.50. The molecule has 1 unspecified atom stereocenters. The molecule has 3 aromatic rings. The minimum atomic E-state index is -1.21. The molecule has 0 aliphatic heterocycles. The van der Waals surface area contributed by atoms with Crippen LogP contribution in [0.1, 0.15) is 29.9 Å². The second kappa shape index (κ2) is 10.4. The van der Waals surface area contributed by atoms with Gasteiger partial charge in [-0.05, 0) is 45.0 Å². The molecule has 9 nitrogen and oxygen atoms in total. The molecule has 178 valence electrons. The lowest BCUT2D eigenvalue weighted by Gasteiger charge is -2.17. The van der Waals surface area contributed by atoms with Crippen LogP contribution in [0.3, 0.4) is 0 Å². The van der Waals surface area contributed by atoms with Gasteiger partial charge in [-0.3, -0.25) is 19.1 Å². The molecule has 3 rings (SSSR count). The van der Waals surface area contributed by atoms with Crippen LogP contribution in [0.5, 0.6) is 0 Å². The van der Waals surface area contributed by atoms with E-state index in [0.717, 1.165) is 0 Å². The number of anilines is 1. The minimum Gasteiger partial charge on any atom is -0.451 e. The predicted octanol–water partition coefficient (Wildman–Crippen LogP) is 2.83. The standard InChI is InChI=1S/C24H25ClN4O5/c1-14(26-22(31)18-12-8-9-13-19(18)25)24(33)34-16(3)21(30)27-20-15(2)28(4)29(23(20)32)17-10-6-5-7-11-17/h5-14,16H,1-4H3,(H,26,31)(H,27,30)/t14-,16?/m0/s1. The molecule has 0 aliphatic rings. The van der Waals surface area contributed by atoms with Crippen molar-refractivity contribution in [2.45, 2.75) is 32.9 Å². The van der Waals surface area contributed by atoms with Crippen LogP contribution in [0, 0.1) is 6.92 Å². The molecule has 0 saturated carbocycles. The summed E-state index contributed by atoms with van der Waals surface area (Å²) in [7, 11) is 1.70. The van der Waals surface area contributed by atoms with Gasteiger partial charge in [-0.15, -0.1) is 0 Å². The van der Waals surface area contributed by atoms with E-state index in [1.165, 1.54) is 24.6 Å². The van der Waals surface area contributed by atoms with Gasteiger partial charge in [-0.1, -0.05) is 41.9 Å². The smallest absolute Gasteiger partial charge is 0.329 e. The van der Waals surface area contributed by atoms with Gasteiger partial charge < -0.3 is 15.4 Å². The van der Waals surface area contributed by atoms with Crippen LogP contribution < -0.4 is 16.2 Å². The molecule has 2 N–H and O–H groups in total. The van der Waals surface area contributed by atoms with E-state index in [1.807, 2.05) is 6.07 Å². The summed E-state index contributed by atoms with van der Waals surface area (Å²) in [5.41, 5.74) is 1.05. The Labute approximate surface area is 201 Å². The number of carbonyl (C=O) groups is 3. The van der Waals surface area contributed by atoms with Crippen molar-refractivity contribution in [2.24, 2.45) is 7.05 Å². The first kappa shape index (κ1) is 24.8. The number of carbonyl (C=O) groups excluding carboxylic acids is 3. The van der Waals surface area contributed by atoms with Crippen LogP contribution in [-0.2, 0) is 21.4 Å². The Morgan fingerprint density at radius 1 is 1.00 bits per heavy atom. The number of nitrogens with zero attached hydrogens (tertiary/aromatic N) is 2. The van der Waals surface area contributed by atoms with E-state index in [4.69, 9.17) is 16.3 Å². The molecule has 0 saturated heterocycles. The lowest BCUT2D eigenvalue weighted by atomic mass is 10.2. The maximum absolute atomic E-state index is 12.9. The van der Waals surface area contributed by atoms with Gasteiger partial charge in [0.25, 0.3) is 17.4 Å². The normalized spacial score (nSPS) is 12.5. The monoisotopic (exact) mass is 484 g/mol. The van der Waals surface area contributed by atoms with Crippen molar-refractivity contribution in [3.05, 3.63) is 81.2 Å². The molecule has 2 aromatic carbocycles. The third-order valence-corrected chi connectivity index (χ3v) is 5.61. The molecular weight excluding hydrogens is 460 g/mol. The molecule has 10 heteroatoms. The summed E-state index contributed by atoms with van der Waals surface area (Å²) in [5.74, 6) is -2.04. The molecule has 0 spiro atoms. The molecular formula is C24H25ClN4O5. The summed E-state index contributed by atoms with van der Waals surface area (Å²) in [6, 6.07) is 14.4. The topological polar surface area (TPSA) is 111 Å². The lowest BCUT2D eigenvalue weighted by molar-refractivity contribution is -0.154. The van der Waals surface area contributed by atoms with Crippen molar-refractivity contribution in [2.75, 3.05) is 5.32 Å². The summed E-state index contributed by atoms with van der Waals surface area (Å²) >= 11 is 6.00. The number of halogens is 1. The Balaban J connectivity index is 1.66. The SMILES string of the molecule is Cc1c(NC(=O)C(C)OC(=O)[C@H](C)NC(=O)c2ccccc2Cl)c(=O)n(-c2ccccc2)n1C. The number of ether oxygens (including phenoxy) is 1. The van der Waals surface area contributed by atoms with Crippen LogP contribution in [0.25, 0.3) is 5.69 Å². The van der Waals surface area contributed by atoms with Crippen molar-refractivity contribution in [1.29, 1.82) is 0 Å². The second-order valence-corrected chi connectivity index (χ2v) is 8.09. The minimum absolute atomic E-state index is 0.0827. The Morgan fingerprint density at radius 2 is 1.62 bits per heavy atom. The third kappa shape index (κ3) is 5.20. The average molecular weight is 485 g/mol. The fourth-order valence-electron chi connectivity index (χ4n) is 3.25. The highest BCUT2D eigenvalue weighted by Crippen LogP contribution is 2.16. The van der Waals surface area contributed by atoms with Crippen LogP contribution in [0.4, 0.5) is 5.69 Å². The molecule has 2 atom stereocenters. The fraction of sp³-hybridized carbons (Fsp3) is 0.250. The van der Waals surface area contributed by atoms with Crippen LogP contribution in [0.2, 0.25) is 5.02 Å². The zero-order valence-corrected chi connectivity index (χ0v) is 19.9. The van der Waals surface area contributed by atoms with Crippen molar-refractivity contribution in [3.8, 4) is 5.69 Å². The quantitative estimate of drug-likeness (QED) is 0.501. The van der Waals surface area contributed by atoms with Gasteiger partial charge in [0, 0.05) is 7.05 Å². The maximum atomic E-state index is 12.9. The van der Waals surface area contributed by atoms with E-state index < -0.39 is 35.5 Å². The number of benzene rings is 2. The number of nitrogens with one attached hydrogen (secondary N) is 2. The van der Waals surface area contributed by atoms with E-state index >= 15 is 0 Å². The van der Waals surface area contributed by atoms with Crippen molar-refractivity contribution < 1.29 is 19.1 Å². The van der Waals surface area contributed by atoms with E-state index in [-0.39, 0.29) is 16.3 Å². The highest BCUT2D eigenvalue weighted by molar-refractivity contribution is 6.33. The number of hydrogen-bond donors (Lipinski definition) is 2. The first-order chi connectivity index (χ1) is 16.1. The number of para-hydroxylation sites is 1. The largest absolute Gasteiger partial charge is 0.451 e. The molecule has 0 radical (unpaired) electrons. The van der Waals surface area contributed by atoms with Crippen LogP contribution in [0.15, 0.2) is 59.4 Å². The zero-order valence-electron chi connectivity index (χ0n) is 19.2. The van der Waals surface area contributed by atoms with Crippen LogP contribution >= 0.6 is 11.6 Å². The summed E-state index contributed by atoms with van der Waals surface area (Å²) in [4.78, 5) is 50.4. The number of rotatable bonds is 7. The first-order valence-electron chi connectivity index (χ1n) is 10.5. The third-order valence-electron chi connectivity index (χ3n) is 5.28. The fourth-order valence-corrected chi connectivity index (χ4v) is 3.47. The summed E-state index contributed by atoms with van der Waals surface area (Å²) in [6.07, 6.45) is -1.21. The Kier molecular flexibility index (Phi) is 7.57. The van der Waals surface area contributed by atoms with Gasteiger partial charge in [0.1, 0.15) is 11.7 Å². The van der Waals surface area contributed by atoms with E-state index in [2.05, 4.69) is 10.6 Å². The van der Waals surface area contributed by atoms with Crippen molar-refractivity contribution in [3.63, 3.8) is 0 Å². The van der Waals surface area contributed by atoms with Gasteiger partial charge in [0.15, 0.2) is 6.10 Å². The van der Waals surface area contributed by atoms with Gasteiger partial charge in [0.2, 0.25) is 0 Å². The molecule has 0 fully saturated rings. The second-order valence-electron chi connectivity index (χ2n) is 7.68. The Bertz CT molecular complexity index is 1280. The van der Waals surface area contributed by atoms with E-state index in [0.29, 0.717) is 11.4 Å². The number of esters is 1. The number of amides is 2. The molecule has 2 amide bonds. The molecule has 34 heavy (non-hydrogen) atoms.